The molecule has 3 heterocycles. The summed E-state index contributed by atoms with van der Waals surface area (Å²) in [4.78, 5) is 49.7. The Labute approximate surface area is 220 Å². The third-order valence-corrected chi connectivity index (χ3v) is 7.60. The Balaban J connectivity index is 1.60. The van der Waals surface area contributed by atoms with Gasteiger partial charge in [0.1, 0.15) is 6.04 Å². The van der Waals surface area contributed by atoms with Crippen LogP contribution in [0.15, 0.2) is 103 Å². The van der Waals surface area contributed by atoms with Crippen molar-refractivity contribution in [1.82, 2.24) is 0 Å². The van der Waals surface area contributed by atoms with E-state index in [0.29, 0.717) is 28.3 Å². The van der Waals surface area contributed by atoms with Crippen molar-refractivity contribution < 1.29 is 14.4 Å². The fourth-order valence-corrected chi connectivity index (χ4v) is 6.01. The first-order chi connectivity index (χ1) is 18.4. The van der Waals surface area contributed by atoms with Crippen molar-refractivity contribution in [1.29, 1.82) is 0 Å². The molecule has 0 saturated carbocycles. The van der Waals surface area contributed by atoms with E-state index >= 15 is 0 Å². The molecular formula is C31H24N4O3. The fraction of sp³-hybridized carbons (Fsp3) is 0.129. The Kier molecular flexibility index (Phi) is 4.57. The highest BCUT2D eigenvalue weighted by Crippen LogP contribution is 2.58. The highest BCUT2D eigenvalue weighted by molar-refractivity contribution is 6.36. The van der Waals surface area contributed by atoms with Crippen LogP contribution in [0.25, 0.3) is 0 Å². The van der Waals surface area contributed by atoms with E-state index in [4.69, 9.17) is 0 Å². The Morgan fingerprint density at radius 2 is 1.24 bits per heavy atom. The fourth-order valence-electron chi connectivity index (χ4n) is 6.01. The molecule has 0 aliphatic carbocycles. The van der Waals surface area contributed by atoms with Crippen molar-refractivity contribution in [2.24, 2.45) is 0 Å². The maximum Gasteiger partial charge on any atom is 0.339 e. The van der Waals surface area contributed by atoms with Gasteiger partial charge in [-0.1, -0.05) is 71.8 Å². The normalized spacial score (nSPS) is 21.7. The average Bonchev–Trinajstić information content (AvgIpc) is 3.29. The Bertz CT molecular complexity index is 1620. The molecule has 7 rings (SSSR count). The minimum Gasteiger partial charge on any atom is -0.306 e. The van der Waals surface area contributed by atoms with E-state index in [2.05, 4.69) is 0 Å². The second-order valence-electron chi connectivity index (χ2n) is 9.91. The lowest BCUT2D eigenvalue weighted by Crippen LogP contribution is -2.69. The smallest absolute Gasteiger partial charge is 0.306 e. The first kappa shape index (κ1) is 22.3. The number of rotatable bonds is 3. The van der Waals surface area contributed by atoms with E-state index in [1.54, 1.807) is 36.4 Å². The molecule has 2 atom stereocenters. The molecule has 0 aromatic heterocycles. The molecule has 4 aromatic carbocycles. The number of anilines is 4. The molecule has 2 fully saturated rings. The zero-order valence-electron chi connectivity index (χ0n) is 20.9. The predicted octanol–water partition coefficient (Wildman–Crippen LogP) is 5.54. The molecule has 7 heteroatoms. The van der Waals surface area contributed by atoms with E-state index in [0.717, 1.165) is 11.1 Å². The molecule has 7 nitrogen and oxygen atoms in total. The molecule has 0 N–H and O–H groups in total. The number of carbonyl (C=O) groups excluding carboxylic acids is 3. The maximum absolute atomic E-state index is 14.8. The number of hydrogen-bond acceptors (Lipinski definition) is 4. The Morgan fingerprint density at radius 1 is 0.632 bits per heavy atom. The van der Waals surface area contributed by atoms with Crippen molar-refractivity contribution in [2.45, 2.75) is 25.7 Å². The van der Waals surface area contributed by atoms with Gasteiger partial charge in [-0.05, 0) is 56.3 Å². The zero-order chi connectivity index (χ0) is 26.2. The minimum absolute atomic E-state index is 0.262. The summed E-state index contributed by atoms with van der Waals surface area (Å²) >= 11 is 0. The molecule has 2 unspecified atom stereocenters. The van der Waals surface area contributed by atoms with Crippen LogP contribution in [0.4, 0.5) is 27.5 Å². The van der Waals surface area contributed by atoms with Gasteiger partial charge in [0.2, 0.25) is 0 Å². The number of fused-ring (bicyclic) bond motifs is 4. The van der Waals surface area contributed by atoms with Crippen LogP contribution in [0.5, 0.6) is 0 Å². The number of urea groups is 1. The molecular weight excluding hydrogens is 476 g/mol. The molecule has 1 spiro atoms. The monoisotopic (exact) mass is 500 g/mol. The largest absolute Gasteiger partial charge is 0.339 e. The standard InChI is InChI=1S/C31H24N4O3/c1-20-13-16-24(17-14-20)33-27-25-19-21(2)15-18-26(25)35-30(38)32(22-9-5-3-6-10-22)29(37)31(33,35)34(28(27)36)23-11-7-4-8-12-23/h3-19,27H,1-2H3. The molecule has 3 aliphatic rings. The van der Waals surface area contributed by atoms with Crippen LogP contribution in [0.1, 0.15) is 22.7 Å². The van der Waals surface area contributed by atoms with Gasteiger partial charge < -0.3 is 4.90 Å². The van der Waals surface area contributed by atoms with Crippen LogP contribution >= 0.6 is 0 Å². The van der Waals surface area contributed by atoms with Gasteiger partial charge in [-0.3, -0.25) is 14.5 Å². The van der Waals surface area contributed by atoms with Gasteiger partial charge in [0.15, 0.2) is 0 Å². The topological polar surface area (TPSA) is 64.2 Å². The van der Waals surface area contributed by atoms with Crippen molar-refractivity contribution in [3.8, 4) is 0 Å². The van der Waals surface area contributed by atoms with Crippen molar-refractivity contribution in [3.63, 3.8) is 0 Å². The molecule has 4 amide bonds. The summed E-state index contributed by atoms with van der Waals surface area (Å²) in [6, 6.07) is 30.1. The van der Waals surface area contributed by atoms with Gasteiger partial charge in [0.05, 0.1) is 11.4 Å². The van der Waals surface area contributed by atoms with Gasteiger partial charge in [-0.15, -0.1) is 0 Å². The van der Waals surface area contributed by atoms with Crippen molar-refractivity contribution >= 4 is 40.6 Å². The van der Waals surface area contributed by atoms with E-state index in [9.17, 15) is 14.4 Å². The number of imide groups is 1. The SMILES string of the molecule is Cc1ccc(N2C3C(=O)N(c4ccccc4)C24C(=O)N(c2ccccc2)C(=O)N4c2ccc(C)cc23)cc1. The van der Waals surface area contributed by atoms with Crippen LogP contribution in [0.3, 0.4) is 0 Å². The zero-order valence-corrected chi connectivity index (χ0v) is 20.9. The maximum atomic E-state index is 14.8. The lowest BCUT2D eigenvalue weighted by Gasteiger charge is -2.48. The highest BCUT2D eigenvalue weighted by atomic mass is 16.2. The molecule has 0 radical (unpaired) electrons. The number of carbonyl (C=O) groups is 3. The third kappa shape index (κ3) is 2.70. The molecule has 38 heavy (non-hydrogen) atoms. The number of aryl methyl sites for hydroxylation is 2. The summed E-state index contributed by atoms with van der Waals surface area (Å²) < 4.78 is 0. The summed E-state index contributed by atoms with van der Waals surface area (Å²) in [7, 11) is 0. The number of amides is 4. The number of para-hydroxylation sites is 2. The van der Waals surface area contributed by atoms with E-state index in [-0.39, 0.29) is 5.91 Å². The number of benzene rings is 4. The highest BCUT2D eigenvalue weighted by Gasteiger charge is 2.75. The van der Waals surface area contributed by atoms with Gasteiger partial charge >= 0.3 is 11.9 Å². The first-order valence-corrected chi connectivity index (χ1v) is 12.5. The molecule has 2 saturated heterocycles. The van der Waals surface area contributed by atoms with E-state index < -0.39 is 23.8 Å². The van der Waals surface area contributed by atoms with E-state index in [1.807, 2.05) is 85.5 Å². The van der Waals surface area contributed by atoms with Crippen LogP contribution in [0.2, 0.25) is 0 Å². The predicted molar refractivity (Wildman–Crippen MR) is 146 cm³/mol. The van der Waals surface area contributed by atoms with Crippen molar-refractivity contribution in [2.75, 3.05) is 19.6 Å². The summed E-state index contributed by atoms with van der Waals surface area (Å²) in [6.07, 6.45) is 0. The average molecular weight is 501 g/mol. The van der Waals surface area contributed by atoms with Crippen molar-refractivity contribution in [3.05, 3.63) is 120 Å². The Hall–Kier alpha value is -4.91. The van der Waals surface area contributed by atoms with Crippen LogP contribution in [-0.2, 0) is 9.59 Å². The van der Waals surface area contributed by atoms with Gasteiger partial charge in [0, 0.05) is 16.9 Å². The summed E-state index contributed by atoms with van der Waals surface area (Å²) in [5.74, 6) is -2.52. The van der Waals surface area contributed by atoms with Crippen LogP contribution < -0.4 is 19.6 Å². The lowest BCUT2D eigenvalue weighted by atomic mass is 9.96. The summed E-state index contributed by atoms with van der Waals surface area (Å²) in [5.41, 5.74) is 4.95. The summed E-state index contributed by atoms with van der Waals surface area (Å²) in [6.45, 7) is 3.95. The molecule has 4 aromatic rings. The Morgan fingerprint density at radius 3 is 1.89 bits per heavy atom. The quantitative estimate of drug-likeness (QED) is 0.347. The summed E-state index contributed by atoms with van der Waals surface area (Å²) in [5, 5.41) is 0. The van der Waals surface area contributed by atoms with Crippen LogP contribution in [-0.4, -0.2) is 23.6 Å². The molecule has 186 valence electrons. The van der Waals surface area contributed by atoms with Gasteiger partial charge in [-0.2, -0.15) is 0 Å². The first-order valence-electron chi connectivity index (χ1n) is 12.5. The number of hydrogen-bond donors (Lipinski definition) is 0. The minimum atomic E-state index is -1.76. The molecule has 3 aliphatic heterocycles. The van der Waals surface area contributed by atoms with Gasteiger partial charge in [0.25, 0.3) is 11.7 Å². The van der Waals surface area contributed by atoms with Crippen LogP contribution in [0, 0.1) is 13.8 Å². The molecule has 2 bridgehead atoms. The van der Waals surface area contributed by atoms with Gasteiger partial charge in [-0.25, -0.2) is 14.6 Å². The number of nitrogens with zero attached hydrogens (tertiary/aromatic N) is 4. The van der Waals surface area contributed by atoms with E-state index in [1.165, 1.54) is 14.7 Å². The second kappa shape index (κ2) is 7.79. The second-order valence-corrected chi connectivity index (χ2v) is 9.91. The third-order valence-electron chi connectivity index (χ3n) is 7.60. The lowest BCUT2D eigenvalue weighted by molar-refractivity contribution is -0.123.